The summed E-state index contributed by atoms with van der Waals surface area (Å²) in [6.07, 6.45) is 1.29. The molecule has 0 aliphatic carbocycles. The third kappa shape index (κ3) is 6.14. The van der Waals surface area contributed by atoms with E-state index in [1.165, 1.54) is 5.56 Å². The van der Waals surface area contributed by atoms with E-state index in [0.29, 0.717) is 13.2 Å². The van der Waals surface area contributed by atoms with Crippen LogP contribution in [-0.4, -0.2) is 25.2 Å². The van der Waals surface area contributed by atoms with Crippen molar-refractivity contribution in [3.05, 3.63) is 59.7 Å². The maximum Gasteiger partial charge on any atom is 0.260 e. The van der Waals surface area contributed by atoms with Crippen LogP contribution in [0, 0.1) is 6.92 Å². The van der Waals surface area contributed by atoms with E-state index in [1.54, 1.807) is 6.92 Å². The van der Waals surface area contributed by atoms with Crippen LogP contribution in [0.5, 0.6) is 11.5 Å². The molecule has 1 atom stereocenters. The molecule has 0 fully saturated rings. The molecule has 0 heterocycles. The van der Waals surface area contributed by atoms with E-state index in [1.807, 2.05) is 50.2 Å². The van der Waals surface area contributed by atoms with E-state index in [2.05, 4.69) is 17.4 Å². The summed E-state index contributed by atoms with van der Waals surface area (Å²) in [6, 6.07) is 15.8. The number of amides is 1. The molecule has 1 amide bonds. The van der Waals surface area contributed by atoms with Crippen molar-refractivity contribution in [3.63, 3.8) is 0 Å². The fourth-order valence-corrected chi connectivity index (χ4v) is 2.50. The second-order valence-electron chi connectivity index (χ2n) is 6.00. The molecule has 2 aromatic rings. The largest absolute Gasteiger partial charge is 0.494 e. The van der Waals surface area contributed by atoms with Gasteiger partial charge in [-0.2, -0.15) is 0 Å². The number of nitrogens with one attached hydrogen (secondary N) is 1. The summed E-state index contributed by atoms with van der Waals surface area (Å²) in [5, 5.41) is 2.94. The first-order valence-corrected chi connectivity index (χ1v) is 8.82. The molecule has 0 saturated heterocycles. The van der Waals surface area contributed by atoms with Gasteiger partial charge in [-0.3, -0.25) is 4.79 Å². The van der Waals surface area contributed by atoms with Crippen molar-refractivity contribution in [2.45, 2.75) is 39.7 Å². The number of carbonyl (C=O) groups excluding carboxylic acids is 1. The summed E-state index contributed by atoms with van der Waals surface area (Å²) in [5.41, 5.74) is 2.26. The highest BCUT2D eigenvalue weighted by atomic mass is 16.5. The molecule has 4 nitrogen and oxygen atoms in total. The topological polar surface area (TPSA) is 47.6 Å². The maximum absolute atomic E-state index is 12.1. The first-order chi connectivity index (χ1) is 12.1. The van der Waals surface area contributed by atoms with E-state index in [0.717, 1.165) is 29.9 Å². The molecule has 1 N–H and O–H groups in total. The number of hydrogen-bond donors (Lipinski definition) is 1. The summed E-state index contributed by atoms with van der Waals surface area (Å²) in [4.78, 5) is 12.1. The maximum atomic E-state index is 12.1. The van der Waals surface area contributed by atoms with E-state index in [9.17, 15) is 4.79 Å². The van der Waals surface area contributed by atoms with Crippen LogP contribution in [0.1, 0.15) is 31.4 Å². The molecule has 0 aliphatic heterocycles. The molecule has 0 saturated carbocycles. The molecule has 2 aromatic carbocycles. The summed E-state index contributed by atoms with van der Waals surface area (Å²) in [6.45, 7) is 7.02. The van der Waals surface area contributed by atoms with E-state index >= 15 is 0 Å². The predicted octanol–water partition coefficient (Wildman–Crippen LogP) is 3.91. The SMILES string of the molecule is CCOc1ccc(CCCNC(=O)[C@@H](C)Oc2ccccc2C)cc1. The zero-order valence-electron chi connectivity index (χ0n) is 15.2. The monoisotopic (exact) mass is 341 g/mol. The molecule has 0 unspecified atom stereocenters. The van der Waals surface area contributed by atoms with Gasteiger partial charge in [0.1, 0.15) is 11.5 Å². The van der Waals surface area contributed by atoms with Crippen molar-refractivity contribution in [2.24, 2.45) is 0 Å². The van der Waals surface area contributed by atoms with Crippen LogP contribution in [0.25, 0.3) is 0 Å². The van der Waals surface area contributed by atoms with Crippen molar-refractivity contribution < 1.29 is 14.3 Å². The highest BCUT2D eigenvalue weighted by molar-refractivity contribution is 5.80. The number of benzene rings is 2. The average molecular weight is 341 g/mol. The van der Waals surface area contributed by atoms with Gasteiger partial charge in [0.15, 0.2) is 6.10 Å². The molecular weight excluding hydrogens is 314 g/mol. The third-order valence-electron chi connectivity index (χ3n) is 3.94. The minimum absolute atomic E-state index is 0.0880. The lowest BCUT2D eigenvalue weighted by molar-refractivity contribution is -0.127. The number of rotatable bonds is 9. The lowest BCUT2D eigenvalue weighted by Crippen LogP contribution is -2.37. The Balaban J connectivity index is 1.70. The molecular formula is C21H27NO3. The van der Waals surface area contributed by atoms with Crippen LogP contribution in [0.2, 0.25) is 0 Å². The smallest absolute Gasteiger partial charge is 0.260 e. The number of aryl methyl sites for hydroxylation is 2. The van der Waals surface area contributed by atoms with Gasteiger partial charge in [0, 0.05) is 6.54 Å². The van der Waals surface area contributed by atoms with Crippen LogP contribution in [0.3, 0.4) is 0 Å². The molecule has 0 aliphatic rings. The minimum atomic E-state index is -0.508. The van der Waals surface area contributed by atoms with Crippen molar-refractivity contribution in [2.75, 3.05) is 13.2 Å². The predicted molar refractivity (Wildman–Crippen MR) is 100 cm³/mol. The molecule has 0 radical (unpaired) electrons. The standard InChI is InChI=1S/C21H27NO3/c1-4-24-19-13-11-18(12-14-19)9-7-15-22-21(23)17(3)25-20-10-6-5-8-16(20)2/h5-6,8,10-14,17H,4,7,9,15H2,1-3H3,(H,22,23)/t17-/m1/s1. The summed E-state index contributed by atoms with van der Waals surface area (Å²) in [5.74, 6) is 1.55. The molecule has 134 valence electrons. The quantitative estimate of drug-likeness (QED) is 0.704. The van der Waals surface area contributed by atoms with E-state index in [-0.39, 0.29) is 5.91 Å². The Morgan fingerprint density at radius 2 is 1.84 bits per heavy atom. The Morgan fingerprint density at radius 3 is 2.52 bits per heavy atom. The van der Waals surface area contributed by atoms with Crippen LogP contribution >= 0.6 is 0 Å². The Kier molecular flexibility index (Phi) is 7.33. The van der Waals surface area contributed by atoms with Gasteiger partial charge in [0.25, 0.3) is 5.91 Å². The molecule has 0 bridgehead atoms. The van der Waals surface area contributed by atoms with Crippen LogP contribution < -0.4 is 14.8 Å². The zero-order valence-corrected chi connectivity index (χ0v) is 15.2. The lowest BCUT2D eigenvalue weighted by atomic mass is 10.1. The molecule has 2 rings (SSSR count). The Morgan fingerprint density at radius 1 is 1.12 bits per heavy atom. The van der Waals surface area contributed by atoms with Gasteiger partial charge >= 0.3 is 0 Å². The Bertz CT molecular complexity index is 667. The van der Waals surface area contributed by atoms with Gasteiger partial charge < -0.3 is 14.8 Å². The highest BCUT2D eigenvalue weighted by Gasteiger charge is 2.14. The van der Waals surface area contributed by atoms with Gasteiger partial charge in [-0.05, 0) is 62.9 Å². The average Bonchev–Trinajstić information content (AvgIpc) is 2.62. The van der Waals surface area contributed by atoms with Crippen molar-refractivity contribution in [3.8, 4) is 11.5 Å². The van der Waals surface area contributed by atoms with E-state index < -0.39 is 6.10 Å². The Labute approximate surface area is 150 Å². The van der Waals surface area contributed by atoms with Crippen molar-refractivity contribution >= 4 is 5.91 Å². The normalized spacial score (nSPS) is 11.6. The first-order valence-electron chi connectivity index (χ1n) is 8.82. The van der Waals surface area contributed by atoms with Gasteiger partial charge in [0.2, 0.25) is 0 Å². The van der Waals surface area contributed by atoms with Gasteiger partial charge in [0.05, 0.1) is 6.61 Å². The third-order valence-corrected chi connectivity index (χ3v) is 3.94. The summed E-state index contributed by atoms with van der Waals surface area (Å²) >= 11 is 0. The number of hydrogen-bond acceptors (Lipinski definition) is 3. The first kappa shape index (κ1) is 18.8. The number of ether oxygens (including phenoxy) is 2. The van der Waals surface area contributed by atoms with Crippen LogP contribution in [0.15, 0.2) is 48.5 Å². The lowest BCUT2D eigenvalue weighted by Gasteiger charge is -2.16. The second-order valence-corrected chi connectivity index (χ2v) is 6.00. The number of para-hydroxylation sites is 1. The fraction of sp³-hybridized carbons (Fsp3) is 0.381. The highest BCUT2D eigenvalue weighted by Crippen LogP contribution is 2.17. The van der Waals surface area contributed by atoms with Crippen LogP contribution in [0.4, 0.5) is 0 Å². The molecule has 0 aromatic heterocycles. The minimum Gasteiger partial charge on any atom is -0.494 e. The summed E-state index contributed by atoms with van der Waals surface area (Å²) in [7, 11) is 0. The molecule has 25 heavy (non-hydrogen) atoms. The van der Waals surface area contributed by atoms with E-state index in [4.69, 9.17) is 9.47 Å². The fourth-order valence-electron chi connectivity index (χ4n) is 2.50. The zero-order chi connectivity index (χ0) is 18.1. The van der Waals surface area contributed by atoms with Gasteiger partial charge in [-0.1, -0.05) is 30.3 Å². The van der Waals surface area contributed by atoms with Crippen LogP contribution in [-0.2, 0) is 11.2 Å². The van der Waals surface area contributed by atoms with Crippen molar-refractivity contribution in [1.82, 2.24) is 5.32 Å². The molecule has 0 spiro atoms. The van der Waals surface area contributed by atoms with Gasteiger partial charge in [-0.15, -0.1) is 0 Å². The number of carbonyl (C=O) groups is 1. The van der Waals surface area contributed by atoms with Crippen molar-refractivity contribution in [1.29, 1.82) is 0 Å². The second kappa shape index (κ2) is 9.72. The molecule has 4 heteroatoms. The van der Waals surface area contributed by atoms with Gasteiger partial charge in [-0.25, -0.2) is 0 Å². The summed E-state index contributed by atoms with van der Waals surface area (Å²) < 4.78 is 11.2. The Hall–Kier alpha value is -2.49.